The van der Waals surface area contributed by atoms with Gasteiger partial charge in [0.2, 0.25) is 5.88 Å². The van der Waals surface area contributed by atoms with E-state index < -0.39 is 0 Å². The van der Waals surface area contributed by atoms with Crippen LogP contribution in [0.4, 0.5) is 0 Å². The van der Waals surface area contributed by atoms with Crippen molar-refractivity contribution in [2.75, 3.05) is 26.7 Å². The van der Waals surface area contributed by atoms with Crippen LogP contribution in [0.1, 0.15) is 67.6 Å². The number of amides is 1. The van der Waals surface area contributed by atoms with Crippen LogP contribution in [0.25, 0.3) is 0 Å². The van der Waals surface area contributed by atoms with E-state index in [-0.39, 0.29) is 30.6 Å². The molecule has 3 atom stereocenters. The molecule has 4 rings (SSSR count). The number of hydrogen-bond acceptors (Lipinski definition) is 6. The van der Waals surface area contributed by atoms with E-state index in [2.05, 4.69) is 33.6 Å². The normalized spacial score (nSPS) is 21.2. The number of pyridine rings is 2. The predicted octanol–water partition coefficient (Wildman–Crippen LogP) is 3.76. The molecule has 2 aromatic heterocycles. The number of rotatable bonds is 7. The highest BCUT2D eigenvalue weighted by Gasteiger charge is 2.34. The molecule has 0 saturated heterocycles. The number of carbonyl (C=O) groups excluding carboxylic acids is 1. The maximum Gasteiger partial charge on any atom is 0.259 e. The maximum atomic E-state index is 13.6. The molecule has 1 fully saturated rings. The number of aliphatic hydroxyl groups is 1. The van der Waals surface area contributed by atoms with Gasteiger partial charge in [-0.25, -0.2) is 4.98 Å². The molecule has 1 aliphatic carbocycles. The summed E-state index contributed by atoms with van der Waals surface area (Å²) in [5.41, 5.74) is 2.12. The van der Waals surface area contributed by atoms with Crippen LogP contribution in [0.5, 0.6) is 5.88 Å². The summed E-state index contributed by atoms with van der Waals surface area (Å²) in [6.07, 6.45) is 9.31. The quantitative estimate of drug-likeness (QED) is 0.596. The Morgan fingerprint density at radius 3 is 2.81 bits per heavy atom. The van der Waals surface area contributed by atoms with Gasteiger partial charge in [-0.2, -0.15) is 0 Å². The summed E-state index contributed by atoms with van der Waals surface area (Å²) >= 11 is 0. The number of nitrogens with zero attached hydrogens (tertiary/aromatic N) is 4. The van der Waals surface area contributed by atoms with E-state index in [1.54, 1.807) is 23.4 Å². The highest BCUT2D eigenvalue weighted by Crippen LogP contribution is 2.28. The first-order chi connectivity index (χ1) is 17.4. The van der Waals surface area contributed by atoms with E-state index in [0.29, 0.717) is 37.0 Å². The molecule has 1 amide bonds. The molecule has 36 heavy (non-hydrogen) atoms. The monoisotopic (exact) mass is 490 g/mol. The number of ether oxygens (including phenoxy) is 1. The zero-order valence-electron chi connectivity index (χ0n) is 21.7. The van der Waals surface area contributed by atoms with Crippen LogP contribution in [0.2, 0.25) is 0 Å². The lowest BCUT2D eigenvalue weighted by Crippen LogP contribution is -2.49. The summed E-state index contributed by atoms with van der Waals surface area (Å²) < 4.78 is 6.40. The standard InChI is InChI=1S/C29H38N4O3/c1-21-17-33(22(2)20-34)29(35)26-15-24(12-8-11-23-9-4-5-10-23)16-31-28(26)36-27(21)19-32(3)18-25-13-6-7-14-30-25/h6-7,13-16,21-23,27,34H,4-5,9-11,17-20H2,1-3H3/t21-,22-,27+/m1/s1. The molecule has 2 aromatic rings. The van der Waals surface area contributed by atoms with Crippen LogP contribution in [0.3, 0.4) is 0 Å². The lowest BCUT2D eigenvalue weighted by Gasteiger charge is -2.37. The van der Waals surface area contributed by atoms with Gasteiger partial charge in [0.25, 0.3) is 5.91 Å². The fraction of sp³-hybridized carbons (Fsp3) is 0.552. The van der Waals surface area contributed by atoms with Crippen molar-refractivity contribution >= 4 is 5.91 Å². The molecule has 0 aromatic carbocycles. The molecular weight excluding hydrogens is 452 g/mol. The van der Waals surface area contributed by atoms with E-state index in [4.69, 9.17) is 4.74 Å². The zero-order chi connectivity index (χ0) is 25.5. The SMILES string of the molecule is C[C@@H]1CN([C@H](C)CO)C(=O)c2cc(C#CCC3CCCC3)cnc2O[C@H]1CN(C)Cc1ccccn1. The van der Waals surface area contributed by atoms with Gasteiger partial charge in [-0.1, -0.05) is 37.7 Å². The molecule has 0 bridgehead atoms. The van der Waals surface area contributed by atoms with Crippen molar-refractivity contribution in [3.05, 3.63) is 53.5 Å². The smallest absolute Gasteiger partial charge is 0.259 e. The average molecular weight is 491 g/mol. The highest BCUT2D eigenvalue weighted by molar-refractivity contribution is 5.97. The van der Waals surface area contributed by atoms with Gasteiger partial charge in [0.1, 0.15) is 11.7 Å². The Bertz CT molecular complexity index is 1070. The molecule has 1 saturated carbocycles. The lowest BCUT2D eigenvalue weighted by molar-refractivity contribution is 0.0324. The van der Waals surface area contributed by atoms with E-state index in [1.807, 2.05) is 32.2 Å². The van der Waals surface area contributed by atoms with Crippen LogP contribution in [0.15, 0.2) is 36.7 Å². The summed E-state index contributed by atoms with van der Waals surface area (Å²) in [5, 5.41) is 9.87. The van der Waals surface area contributed by atoms with Crippen LogP contribution in [-0.2, 0) is 6.54 Å². The third-order valence-electron chi connectivity index (χ3n) is 7.27. The van der Waals surface area contributed by atoms with Gasteiger partial charge in [0.05, 0.1) is 18.3 Å². The lowest BCUT2D eigenvalue weighted by atomic mass is 9.99. The molecule has 0 unspecified atom stereocenters. The second kappa shape index (κ2) is 12.3. The summed E-state index contributed by atoms with van der Waals surface area (Å²) in [7, 11) is 2.04. The molecule has 0 radical (unpaired) electrons. The van der Waals surface area contributed by atoms with Crippen LogP contribution in [0, 0.1) is 23.7 Å². The minimum Gasteiger partial charge on any atom is -0.472 e. The van der Waals surface area contributed by atoms with Crippen molar-refractivity contribution < 1.29 is 14.6 Å². The second-order valence-electron chi connectivity index (χ2n) is 10.4. The van der Waals surface area contributed by atoms with Crippen molar-refractivity contribution in [1.29, 1.82) is 0 Å². The van der Waals surface area contributed by atoms with Crippen molar-refractivity contribution in [2.45, 2.75) is 64.6 Å². The number of fused-ring (bicyclic) bond motifs is 1. The van der Waals surface area contributed by atoms with Gasteiger partial charge in [-0.15, -0.1) is 0 Å². The third-order valence-corrected chi connectivity index (χ3v) is 7.27. The molecule has 0 spiro atoms. The van der Waals surface area contributed by atoms with Gasteiger partial charge in [0, 0.05) is 49.9 Å². The topological polar surface area (TPSA) is 78.8 Å². The molecule has 1 aliphatic heterocycles. The Balaban J connectivity index is 1.57. The van der Waals surface area contributed by atoms with Crippen molar-refractivity contribution in [1.82, 2.24) is 19.8 Å². The van der Waals surface area contributed by atoms with Crippen LogP contribution < -0.4 is 4.74 Å². The van der Waals surface area contributed by atoms with Crippen molar-refractivity contribution in [3.63, 3.8) is 0 Å². The summed E-state index contributed by atoms with van der Waals surface area (Å²) in [5.74, 6) is 7.39. The van der Waals surface area contributed by atoms with E-state index in [1.165, 1.54) is 25.7 Å². The first kappa shape index (κ1) is 26.1. The van der Waals surface area contributed by atoms with Crippen LogP contribution >= 0.6 is 0 Å². The predicted molar refractivity (Wildman–Crippen MR) is 139 cm³/mol. The van der Waals surface area contributed by atoms with Gasteiger partial charge < -0.3 is 14.7 Å². The first-order valence-electron chi connectivity index (χ1n) is 13.1. The number of hydrogen-bond donors (Lipinski definition) is 1. The van der Waals surface area contributed by atoms with Crippen LogP contribution in [-0.4, -0.2) is 69.7 Å². The fourth-order valence-electron chi connectivity index (χ4n) is 5.04. The Morgan fingerprint density at radius 2 is 2.08 bits per heavy atom. The maximum absolute atomic E-state index is 13.6. The molecule has 7 heteroatoms. The Morgan fingerprint density at radius 1 is 1.28 bits per heavy atom. The highest BCUT2D eigenvalue weighted by atomic mass is 16.5. The fourth-order valence-corrected chi connectivity index (χ4v) is 5.04. The molecule has 192 valence electrons. The van der Waals surface area contributed by atoms with E-state index in [9.17, 15) is 9.90 Å². The van der Waals surface area contributed by atoms with Gasteiger partial charge in [0.15, 0.2) is 0 Å². The Labute approximate surface area is 214 Å². The minimum absolute atomic E-state index is 0.0370. The second-order valence-corrected chi connectivity index (χ2v) is 10.4. The molecular formula is C29H38N4O3. The summed E-state index contributed by atoms with van der Waals surface area (Å²) in [6.45, 7) is 5.67. The Hall–Kier alpha value is -2.95. The number of aliphatic hydroxyl groups excluding tert-OH is 1. The molecule has 2 aliphatic rings. The third kappa shape index (κ3) is 6.63. The Kier molecular flexibility index (Phi) is 8.95. The number of aromatic nitrogens is 2. The van der Waals surface area contributed by atoms with Crippen molar-refractivity contribution in [2.24, 2.45) is 11.8 Å². The molecule has 1 N–H and O–H groups in total. The van der Waals surface area contributed by atoms with E-state index >= 15 is 0 Å². The summed E-state index contributed by atoms with van der Waals surface area (Å²) in [4.78, 5) is 26.5. The average Bonchev–Trinajstić information content (AvgIpc) is 3.40. The van der Waals surface area contributed by atoms with Gasteiger partial charge >= 0.3 is 0 Å². The van der Waals surface area contributed by atoms with Crippen molar-refractivity contribution in [3.8, 4) is 17.7 Å². The van der Waals surface area contributed by atoms with Gasteiger partial charge in [-0.05, 0) is 50.9 Å². The molecule has 7 nitrogen and oxygen atoms in total. The van der Waals surface area contributed by atoms with Gasteiger partial charge in [-0.3, -0.25) is 14.7 Å². The largest absolute Gasteiger partial charge is 0.472 e. The van der Waals surface area contributed by atoms with E-state index in [0.717, 1.165) is 17.7 Å². The number of carbonyl (C=O) groups is 1. The first-order valence-corrected chi connectivity index (χ1v) is 13.1. The number of likely N-dealkylation sites (N-methyl/N-ethyl adjacent to an activating group) is 1. The molecule has 3 heterocycles. The summed E-state index contributed by atoms with van der Waals surface area (Å²) in [6, 6.07) is 7.39. The minimum atomic E-state index is -0.310. The zero-order valence-corrected chi connectivity index (χ0v) is 21.7.